The van der Waals surface area contributed by atoms with Gasteiger partial charge >= 0.3 is 5.97 Å². The van der Waals surface area contributed by atoms with E-state index in [4.69, 9.17) is 9.84 Å². The van der Waals surface area contributed by atoms with Crippen LogP contribution >= 0.6 is 0 Å². The Hall–Kier alpha value is -1.06. The quantitative estimate of drug-likeness (QED) is 0.112. The van der Waals surface area contributed by atoms with Crippen molar-refractivity contribution in [1.82, 2.24) is 0 Å². The van der Waals surface area contributed by atoms with Gasteiger partial charge in [0.25, 0.3) is 0 Å². The van der Waals surface area contributed by atoms with Gasteiger partial charge in [0.15, 0.2) is 6.10 Å². The molecule has 196 valence electrons. The normalized spacial score (nSPS) is 15.1. The number of aliphatic hydroxyl groups is 5. The van der Waals surface area contributed by atoms with E-state index in [1.807, 2.05) is 0 Å². The molecule has 33 heavy (non-hydrogen) atoms. The highest BCUT2D eigenvalue weighted by molar-refractivity contribution is 5.78. The second kappa shape index (κ2) is 21.5. The molecule has 0 rings (SSSR count). The molecule has 0 spiro atoms. The molecule has 0 aliphatic carbocycles. The van der Waals surface area contributed by atoms with E-state index in [1.165, 1.54) is 64.2 Å². The van der Waals surface area contributed by atoms with E-state index >= 15 is 0 Å². The van der Waals surface area contributed by atoms with Crippen molar-refractivity contribution in [3.63, 3.8) is 0 Å². The molecule has 0 aliphatic heterocycles. The predicted octanol–water partition coefficient (Wildman–Crippen LogP) is 2.80. The number of esters is 1. The zero-order chi connectivity index (χ0) is 24.9. The van der Waals surface area contributed by atoms with Gasteiger partial charge in [-0.05, 0) is 12.8 Å². The third-order valence-corrected chi connectivity index (χ3v) is 5.90. The Morgan fingerprint density at radius 1 is 0.667 bits per heavy atom. The second-order valence-corrected chi connectivity index (χ2v) is 8.98. The molecular formula is C25H48O8. The molecule has 0 amide bonds. The van der Waals surface area contributed by atoms with Crippen LogP contribution in [0.3, 0.4) is 0 Å². The van der Waals surface area contributed by atoms with Gasteiger partial charge < -0.3 is 30.3 Å². The predicted molar refractivity (Wildman–Crippen MR) is 127 cm³/mol. The van der Waals surface area contributed by atoms with Crippen LogP contribution in [0.5, 0.6) is 0 Å². The number of aliphatic hydroxyl groups excluding tert-OH is 5. The largest absolute Gasteiger partial charge is 0.464 e. The van der Waals surface area contributed by atoms with E-state index < -0.39 is 37.0 Å². The first-order valence-corrected chi connectivity index (χ1v) is 12.9. The Bertz CT molecular complexity index is 485. The van der Waals surface area contributed by atoms with Crippen LogP contribution in [-0.2, 0) is 14.3 Å². The summed E-state index contributed by atoms with van der Waals surface area (Å²) in [5.74, 6) is -1.05. The molecular weight excluding hydrogens is 428 g/mol. The Morgan fingerprint density at radius 2 is 1.12 bits per heavy atom. The zero-order valence-corrected chi connectivity index (χ0v) is 20.5. The highest BCUT2D eigenvalue weighted by Gasteiger charge is 2.35. The van der Waals surface area contributed by atoms with Crippen molar-refractivity contribution in [2.24, 2.45) is 0 Å². The van der Waals surface area contributed by atoms with E-state index in [1.54, 1.807) is 0 Å². The molecule has 0 fully saturated rings. The number of unbranched alkanes of at least 4 members (excludes halogenated alkanes) is 12. The maximum Gasteiger partial charge on any atom is 0.337 e. The van der Waals surface area contributed by atoms with E-state index in [0.29, 0.717) is 12.8 Å². The number of Topliss-reactive ketones (excluding diaryl/α,β-unsaturated/α-hetero) is 1. The fourth-order valence-electron chi connectivity index (χ4n) is 3.65. The topological polar surface area (TPSA) is 145 Å². The van der Waals surface area contributed by atoms with Crippen LogP contribution < -0.4 is 0 Å². The third kappa shape index (κ3) is 17.1. The lowest BCUT2D eigenvalue weighted by Gasteiger charge is -2.24. The molecule has 0 aromatic carbocycles. The molecule has 0 saturated carbocycles. The Morgan fingerprint density at radius 3 is 1.61 bits per heavy atom. The van der Waals surface area contributed by atoms with E-state index in [9.17, 15) is 30.0 Å². The number of carbonyl (C=O) groups excluding carboxylic acids is 2. The van der Waals surface area contributed by atoms with Crippen molar-refractivity contribution in [3.05, 3.63) is 0 Å². The van der Waals surface area contributed by atoms with Crippen molar-refractivity contribution in [2.45, 2.75) is 134 Å². The standard InChI is InChI=1S/C25H48O8/c1-2-3-4-5-6-7-8-9-10-11-12-13-14-16-20(27)17-15-18-33-25(32)24(31)23(30)22(29)21(28)19-26/h21-24,26,28-31H,2-19H2,1H3/t21-,22-,23+,24-/m1/s1. The van der Waals surface area contributed by atoms with Gasteiger partial charge in [-0.2, -0.15) is 0 Å². The first kappa shape index (κ1) is 31.9. The maximum atomic E-state index is 11.9. The van der Waals surface area contributed by atoms with E-state index in [0.717, 1.165) is 19.3 Å². The fraction of sp³-hybridized carbons (Fsp3) is 0.920. The summed E-state index contributed by atoms with van der Waals surface area (Å²) in [6.45, 7) is 1.32. The minimum absolute atomic E-state index is 0.0917. The molecule has 5 N–H and O–H groups in total. The molecule has 0 radical (unpaired) electrons. The number of ketones is 1. The summed E-state index contributed by atoms with van der Waals surface area (Å²) >= 11 is 0. The van der Waals surface area contributed by atoms with Crippen molar-refractivity contribution in [3.8, 4) is 0 Å². The van der Waals surface area contributed by atoms with Crippen LogP contribution in [-0.4, -0.2) is 74.9 Å². The molecule has 8 heteroatoms. The molecule has 0 aromatic rings. The van der Waals surface area contributed by atoms with Gasteiger partial charge in [0.1, 0.15) is 24.1 Å². The summed E-state index contributed by atoms with van der Waals surface area (Å²) < 4.78 is 4.80. The average molecular weight is 477 g/mol. The van der Waals surface area contributed by atoms with Gasteiger partial charge in [0, 0.05) is 12.8 Å². The zero-order valence-electron chi connectivity index (χ0n) is 20.5. The van der Waals surface area contributed by atoms with Crippen LogP contribution in [0.15, 0.2) is 0 Å². The number of carbonyl (C=O) groups is 2. The highest BCUT2D eigenvalue weighted by Crippen LogP contribution is 2.13. The SMILES string of the molecule is CCCCCCCCCCCCCCCC(=O)CCCOC(=O)[C@H](O)[C@@H](O)[C@H](O)[C@H](O)CO. The molecule has 0 saturated heterocycles. The van der Waals surface area contributed by atoms with Crippen molar-refractivity contribution < 1.29 is 39.9 Å². The molecule has 0 bridgehead atoms. The Balaban J connectivity index is 3.60. The summed E-state index contributed by atoms with van der Waals surface area (Å²) in [6.07, 6.45) is 9.77. The maximum absolute atomic E-state index is 11.9. The van der Waals surface area contributed by atoms with Gasteiger partial charge in [-0.1, -0.05) is 84.0 Å². The average Bonchev–Trinajstić information content (AvgIpc) is 2.82. The monoisotopic (exact) mass is 476 g/mol. The lowest BCUT2D eigenvalue weighted by atomic mass is 10.0. The summed E-state index contributed by atoms with van der Waals surface area (Å²) in [5, 5.41) is 46.7. The van der Waals surface area contributed by atoms with Gasteiger partial charge in [0.05, 0.1) is 13.2 Å². The van der Waals surface area contributed by atoms with Gasteiger partial charge in [-0.15, -0.1) is 0 Å². The van der Waals surface area contributed by atoms with Crippen LogP contribution in [0.25, 0.3) is 0 Å². The number of hydrogen-bond donors (Lipinski definition) is 5. The van der Waals surface area contributed by atoms with Gasteiger partial charge in [-0.3, -0.25) is 4.79 Å². The first-order chi connectivity index (χ1) is 15.8. The lowest BCUT2D eigenvalue weighted by Crippen LogP contribution is -2.49. The van der Waals surface area contributed by atoms with E-state index in [-0.39, 0.29) is 18.8 Å². The summed E-state index contributed by atoms with van der Waals surface area (Å²) in [7, 11) is 0. The molecule has 0 unspecified atom stereocenters. The molecule has 0 aliphatic rings. The van der Waals surface area contributed by atoms with Crippen molar-refractivity contribution >= 4 is 11.8 Å². The number of rotatable bonds is 23. The van der Waals surface area contributed by atoms with Crippen LogP contribution in [0.2, 0.25) is 0 Å². The Kier molecular flexibility index (Phi) is 20.8. The second-order valence-electron chi connectivity index (χ2n) is 8.98. The lowest BCUT2D eigenvalue weighted by molar-refractivity contribution is -0.170. The third-order valence-electron chi connectivity index (χ3n) is 5.90. The molecule has 0 aromatic heterocycles. The van der Waals surface area contributed by atoms with Crippen LogP contribution in [0, 0.1) is 0 Å². The van der Waals surface area contributed by atoms with Gasteiger partial charge in [-0.25, -0.2) is 4.79 Å². The molecule has 0 heterocycles. The number of ether oxygens (including phenoxy) is 1. The fourth-order valence-corrected chi connectivity index (χ4v) is 3.65. The minimum Gasteiger partial charge on any atom is -0.464 e. The Labute approximate surface area is 199 Å². The van der Waals surface area contributed by atoms with Crippen LogP contribution in [0.4, 0.5) is 0 Å². The summed E-state index contributed by atoms with van der Waals surface area (Å²) in [5.41, 5.74) is 0. The van der Waals surface area contributed by atoms with E-state index in [2.05, 4.69) is 6.92 Å². The number of hydrogen-bond acceptors (Lipinski definition) is 8. The summed E-state index contributed by atoms with van der Waals surface area (Å²) in [6, 6.07) is 0. The smallest absolute Gasteiger partial charge is 0.337 e. The molecule has 4 atom stereocenters. The highest BCUT2D eigenvalue weighted by atomic mass is 16.5. The summed E-state index contributed by atoms with van der Waals surface area (Å²) in [4.78, 5) is 23.6. The van der Waals surface area contributed by atoms with Crippen molar-refractivity contribution in [2.75, 3.05) is 13.2 Å². The van der Waals surface area contributed by atoms with Gasteiger partial charge in [0.2, 0.25) is 0 Å². The minimum atomic E-state index is -2.05. The molecule has 8 nitrogen and oxygen atoms in total. The van der Waals surface area contributed by atoms with Crippen molar-refractivity contribution in [1.29, 1.82) is 0 Å². The van der Waals surface area contributed by atoms with Crippen LogP contribution in [0.1, 0.15) is 110 Å². The first-order valence-electron chi connectivity index (χ1n) is 12.9.